The van der Waals surface area contributed by atoms with Crippen LogP contribution in [0.15, 0.2) is 29.1 Å². The van der Waals surface area contributed by atoms with Crippen molar-refractivity contribution in [2.24, 2.45) is 0 Å². The summed E-state index contributed by atoms with van der Waals surface area (Å²) in [5.41, 5.74) is 7.88. The molecular weight excluding hydrogens is 230 g/mol. The molecule has 0 saturated heterocycles. The van der Waals surface area contributed by atoms with Crippen molar-refractivity contribution in [2.45, 2.75) is 6.92 Å². The Hall–Kier alpha value is -2.63. The quantitative estimate of drug-likeness (QED) is 0.596. The molecule has 0 fully saturated rings. The number of fused-ring (bicyclic) bond motifs is 1. The molecule has 6 nitrogen and oxygen atoms in total. The molecule has 0 aliphatic rings. The monoisotopic (exact) mass is 241 g/mol. The molecule has 18 heavy (non-hydrogen) atoms. The minimum Gasteiger partial charge on any atom is -0.369 e. The zero-order valence-electron chi connectivity index (χ0n) is 9.69. The fourth-order valence-electron chi connectivity index (χ4n) is 1.77. The van der Waals surface area contributed by atoms with E-state index in [-0.39, 0.29) is 11.5 Å². The molecular formula is C12H11N5O. The second-order valence-corrected chi connectivity index (χ2v) is 4.10. The topological polar surface area (TPSA) is 100 Å². The van der Waals surface area contributed by atoms with Crippen molar-refractivity contribution in [3.8, 4) is 11.4 Å². The molecule has 0 saturated carbocycles. The number of nitrogen functional groups attached to an aromatic ring is 1. The first-order chi connectivity index (χ1) is 8.63. The fraction of sp³-hybridized carbons (Fsp3) is 0.0833. The summed E-state index contributed by atoms with van der Waals surface area (Å²) in [6.45, 7) is 2.01. The number of anilines is 1. The highest BCUT2D eigenvalue weighted by atomic mass is 16.1. The van der Waals surface area contributed by atoms with Crippen molar-refractivity contribution in [1.29, 1.82) is 0 Å². The zero-order valence-corrected chi connectivity index (χ0v) is 9.69. The van der Waals surface area contributed by atoms with E-state index >= 15 is 0 Å². The summed E-state index contributed by atoms with van der Waals surface area (Å²) < 4.78 is 0. The molecule has 6 heteroatoms. The lowest BCUT2D eigenvalue weighted by atomic mass is 10.1. The Balaban J connectivity index is 2.22. The van der Waals surface area contributed by atoms with E-state index in [1.54, 1.807) is 0 Å². The fourth-order valence-corrected chi connectivity index (χ4v) is 1.77. The number of aryl methyl sites for hydroxylation is 1. The van der Waals surface area contributed by atoms with Crippen molar-refractivity contribution < 1.29 is 0 Å². The molecule has 0 amide bonds. The molecule has 2 heterocycles. The number of nitrogens with zero attached hydrogens (tertiary/aromatic N) is 2. The van der Waals surface area contributed by atoms with Crippen LogP contribution in [0.25, 0.3) is 22.6 Å². The number of aromatic nitrogens is 4. The number of nitrogens with two attached hydrogens (primary N) is 1. The van der Waals surface area contributed by atoms with Gasteiger partial charge >= 0.3 is 0 Å². The number of hydrogen-bond acceptors (Lipinski definition) is 4. The maximum atomic E-state index is 11.7. The molecule has 0 aliphatic carbocycles. The smallest absolute Gasteiger partial charge is 0.278 e. The van der Waals surface area contributed by atoms with Gasteiger partial charge in [-0.1, -0.05) is 29.8 Å². The molecule has 0 radical (unpaired) electrons. The third-order valence-electron chi connectivity index (χ3n) is 2.70. The van der Waals surface area contributed by atoms with Gasteiger partial charge in [0.05, 0.1) is 0 Å². The highest BCUT2D eigenvalue weighted by molar-refractivity contribution is 5.75. The van der Waals surface area contributed by atoms with Gasteiger partial charge < -0.3 is 10.7 Å². The highest BCUT2D eigenvalue weighted by Crippen LogP contribution is 2.18. The van der Waals surface area contributed by atoms with Crippen LogP contribution in [-0.4, -0.2) is 19.9 Å². The summed E-state index contributed by atoms with van der Waals surface area (Å²) in [5, 5.41) is 0. The van der Waals surface area contributed by atoms with E-state index in [9.17, 15) is 4.79 Å². The Morgan fingerprint density at radius 2 is 1.83 bits per heavy atom. The third kappa shape index (κ3) is 1.64. The first kappa shape index (κ1) is 10.5. The Kier molecular flexibility index (Phi) is 2.16. The highest BCUT2D eigenvalue weighted by Gasteiger charge is 2.09. The first-order valence-electron chi connectivity index (χ1n) is 5.46. The number of imidazole rings is 1. The summed E-state index contributed by atoms with van der Waals surface area (Å²) >= 11 is 0. The lowest BCUT2D eigenvalue weighted by Crippen LogP contribution is -2.10. The lowest BCUT2D eigenvalue weighted by Gasteiger charge is -1.96. The van der Waals surface area contributed by atoms with Crippen LogP contribution in [0.2, 0.25) is 0 Å². The number of rotatable bonds is 1. The molecule has 0 unspecified atom stereocenters. The van der Waals surface area contributed by atoms with Gasteiger partial charge in [-0.15, -0.1) is 0 Å². The van der Waals surface area contributed by atoms with Crippen LogP contribution in [0.4, 0.5) is 5.95 Å². The second kappa shape index (κ2) is 3.69. The van der Waals surface area contributed by atoms with Gasteiger partial charge in [0.25, 0.3) is 5.56 Å². The SMILES string of the molecule is Cc1ccc(-c2nc3nc(N)[nH]c(=O)c3[nH]2)cc1. The maximum Gasteiger partial charge on any atom is 0.278 e. The molecule has 0 atom stereocenters. The molecule has 3 aromatic rings. The number of H-pyrrole nitrogens is 2. The predicted octanol–water partition coefficient (Wildman–Crippen LogP) is 1.20. The van der Waals surface area contributed by atoms with Gasteiger partial charge in [-0.25, -0.2) is 4.98 Å². The standard InChI is InChI=1S/C12H11N5O/c1-6-2-4-7(5-3-6)9-14-8-10(15-9)16-12(13)17-11(8)18/h2-5H,1H3,(H4,13,14,15,16,17,18). The van der Waals surface area contributed by atoms with Crippen molar-refractivity contribution in [3.63, 3.8) is 0 Å². The van der Waals surface area contributed by atoms with E-state index in [1.165, 1.54) is 0 Å². The van der Waals surface area contributed by atoms with E-state index < -0.39 is 0 Å². The summed E-state index contributed by atoms with van der Waals surface area (Å²) in [4.78, 5) is 25.3. The minimum atomic E-state index is -0.316. The Morgan fingerprint density at radius 1 is 1.11 bits per heavy atom. The van der Waals surface area contributed by atoms with Crippen molar-refractivity contribution in [2.75, 3.05) is 5.73 Å². The average Bonchev–Trinajstić information content (AvgIpc) is 2.74. The molecule has 4 N–H and O–H groups in total. The summed E-state index contributed by atoms with van der Waals surface area (Å²) in [7, 11) is 0. The van der Waals surface area contributed by atoms with E-state index in [0.717, 1.165) is 11.1 Å². The van der Waals surface area contributed by atoms with E-state index in [2.05, 4.69) is 19.9 Å². The molecule has 2 aromatic heterocycles. The minimum absolute atomic E-state index is 0.0643. The molecule has 0 bridgehead atoms. The van der Waals surface area contributed by atoms with Gasteiger partial charge in [-0.3, -0.25) is 9.78 Å². The largest absolute Gasteiger partial charge is 0.369 e. The maximum absolute atomic E-state index is 11.7. The predicted molar refractivity (Wildman–Crippen MR) is 69.1 cm³/mol. The lowest BCUT2D eigenvalue weighted by molar-refractivity contribution is 1.17. The van der Waals surface area contributed by atoms with Crippen LogP contribution in [-0.2, 0) is 0 Å². The van der Waals surface area contributed by atoms with Gasteiger partial charge in [0, 0.05) is 5.56 Å². The average molecular weight is 241 g/mol. The van der Waals surface area contributed by atoms with Crippen LogP contribution < -0.4 is 11.3 Å². The molecule has 90 valence electrons. The van der Waals surface area contributed by atoms with E-state index in [4.69, 9.17) is 5.73 Å². The molecule has 3 rings (SSSR count). The number of benzene rings is 1. The Bertz CT molecular complexity index is 769. The van der Waals surface area contributed by atoms with Crippen LogP contribution in [0, 0.1) is 6.92 Å². The number of nitrogens with one attached hydrogen (secondary N) is 2. The van der Waals surface area contributed by atoms with Crippen LogP contribution in [0.5, 0.6) is 0 Å². The van der Waals surface area contributed by atoms with Gasteiger partial charge in [-0.05, 0) is 6.92 Å². The Labute approximate surface area is 102 Å². The van der Waals surface area contributed by atoms with Gasteiger partial charge in [0.15, 0.2) is 11.2 Å². The van der Waals surface area contributed by atoms with Crippen LogP contribution in [0.3, 0.4) is 0 Å². The van der Waals surface area contributed by atoms with Crippen molar-refractivity contribution in [1.82, 2.24) is 19.9 Å². The summed E-state index contributed by atoms with van der Waals surface area (Å²) in [5.74, 6) is 0.669. The molecule has 0 aliphatic heterocycles. The zero-order chi connectivity index (χ0) is 12.7. The normalized spacial score (nSPS) is 10.9. The van der Waals surface area contributed by atoms with E-state index in [1.807, 2.05) is 31.2 Å². The second-order valence-electron chi connectivity index (χ2n) is 4.10. The van der Waals surface area contributed by atoms with E-state index in [0.29, 0.717) is 17.0 Å². The first-order valence-corrected chi connectivity index (χ1v) is 5.46. The Morgan fingerprint density at radius 3 is 2.56 bits per heavy atom. The summed E-state index contributed by atoms with van der Waals surface area (Å²) in [6.07, 6.45) is 0. The van der Waals surface area contributed by atoms with Gasteiger partial charge in [0.2, 0.25) is 5.95 Å². The van der Waals surface area contributed by atoms with Crippen LogP contribution >= 0.6 is 0 Å². The number of hydrogen-bond donors (Lipinski definition) is 3. The van der Waals surface area contributed by atoms with Crippen molar-refractivity contribution >= 4 is 17.1 Å². The third-order valence-corrected chi connectivity index (χ3v) is 2.70. The van der Waals surface area contributed by atoms with Crippen LogP contribution in [0.1, 0.15) is 5.56 Å². The summed E-state index contributed by atoms with van der Waals surface area (Å²) in [6, 6.07) is 7.83. The number of aromatic amines is 2. The van der Waals surface area contributed by atoms with Crippen molar-refractivity contribution in [3.05, 3.63) is 40.2 Å². The van der Waals surface area contributed by atoms with Gasteiger partial charge in [-0.2, -0.15) is 4.98 Å². The molecule has 0 spiro atoms. The van der Waals surface area contributed by atoms with Gasteiger partial charge in [0.1, 0.15) is 5.82 Å². The molecule has 1 aromatic carbocycles.